The average molecular weight is 255 g/mol. The highest BCUT2D eigenvalue weighted by atomic mass is 16.3. The second-order valence-corrected chi connectivity index (χ2v) is 4.70. The fourth-order valence-electron chi connectivity index (χ4n) is 2.09. The van der Waals surface area contributed by atoms with E-state index in [0.29, 0.717) is 5.56 Å². The lowest BCUT2D eigenvalue weighted by Crippen LogP contribution is -2.26. The first kappa shape index (κ1) is 13.1. The fourth-order valence-corrected chi connectivity index (χ4v) is 2.09. The summed E-state index contributed by atoms with van der Waals surface area (Å²) >= 11 is 0. The molecule has 0 aliphatic heterocycles. The molecule has 3 heteroatoms. The van der Waals surface area contributed by atoms with Crippen molar-refractivity contribution in [1.29, 1.82) is 0 Å². The molecule has 0 bridgehead atoms. The van der Waals surface area contributed by atoms with Gasteiger partial charge in [-0.1, -0.05) is 17.7 Å². The minimum Gasteiger partial charge on any atom is -0.508 e. The molecule has 0 fully saturated rings. The van der Waals surface area contributed by atoms with Crippen molar-refractivity contribution in [1.82, 2.24) is 0 Å². The zero-order chi connectivity index (χ0) is 14.0. The van der Waals surface area contributed by atoms with Gasteiger partial charge in [0, 0.05) is 18.3 Å². The van der Waals surface area contributed by atoms with Crippen LogP contribution in [-0.4, -0.2) is 18.1 Å². The number of nitrogens with zero attached hydrogens (tertiary/aromatic N) is 1. The summed E-state index contributed by atoms with van der Waals surface area (Å²) in [6, 6.07) is 12.3. The molecule has 0 saturated heterocycles. The Hall–Kier alpha value is -2.29. The second-order valence-electron chi connectivity index (χ2n) is 4.70. The first-order valence-electron chi connectivity index (χ1n) is 6.13. The molecule has 0 heterocycles. The Labute approximate surface area is 113 Å². The highest BCUT2D eigenvalue weighted by Gasteiger charge is 2.14. The Morgan fingerprint density at radius 3 is 2.26 bits per heavy atom. The molecular weight excluding hydrogens is 238 g/mol. The second kappa shape index (κ2) is 5.14. The number of hydrogen-bond acceptors (Lipinski definition) is 2. The van der Waals surface area contributed by atoms with Crippen molar-refractivity contribution >= 4 is 11.6 Å². The number of carbonyl (C=O) groups excluding carboxylic acids is 1. The first-order chi connectivity index (χ1) is 8.99. The molecule has 0 atom stereocenters. The molecule has 0 unspecified atom stereocenters. The molecule has 0 aromatic heterocycles. The molecule has 1 amide bonds. The van der Waals surface area contributed by atoms with Crippen LogP contribution in [0.4, 0.5) is 5.69 Å². The molecule has 19 heavy (non-hydrogen) atoms. The summed E-state index contributed by atoms with van der Waals surface area (Å²) in [7, 11) is 1.76. The van der Waals surface area contributed by atoms with Gasteiger partial charge < -0.3 is 10.0 Å². The normalized spacial score (nSPS) is 10.3. The van der Waals surface area contributed by atoms with Gasteiger partial charge in [-0.2, -0.15) is 0 Å². The molecule has 3 nitrogen and oxygen atoms in total. The van der Waals surface area contributed by atoms with E-state index in [1.54, 1.807) is 24.1 Å². The Morgan fingerprint density at radius 2 is 1.68 bits per heavy atom. The van der Waals surface area contributed by atoms with E-state index in [4.69, 9.17) is 0 Å². The zero-order valence-electron chi connectivity index (χ0n) is 11.3. The number of hydrogen-bond donors (Lipinski definition) is 1. The number of carbonyl (C=O) groups is 1. The van der Waals surface area contributed by atoms with E-state index in [-0.39, 0.29) is 11.7 Å². The van der Waals surface area contributed by atoms with E-state index in [0.717, 1.165) is 11.3 Å². The zero-order valence-corrected chi connectivity index (χ0v) is 11.3. The van der Waals surface area contributed by atoms with Gasteiger partial charge in [-0.25, -0.2) is 0 Å². The van der Waals surface area contributed by atoms with Crippen molar-refractivity contribution < 1.29 is 9.90 Å². The Morgan fingerprint density at radius 1 is 1.05 bits per heavy atom. The van der Waals surface area contributed by atoms with Crippen LogP contribution in [0.2, 0.25) is 0 Å². The van der Waals surface area contributed by atoms with Gasteiger partial charge in [0.1, 0.15) is 5.75 Å². The Bertz CT molecular complexity index is 603. The minimum atomic E-state index is -0.0908. The average Bonchev–Trinajstić information content (AvgIpc) is 2.38. The number of phenols is 1. The smallest absolute Gasteiger partial charge is 0.258 e. The highest BCUT2D eigenvalue weighted by molar-refractivity contribution is 6.06. The number of anilines is 1. The topological polar surface area (TPSA) is 40.5 Å². The van der Waals surface area contributed by atoms with E-state index < -0.39 is 0 Å². The number of phenolic OH excluding ortho intramolecular Hbond substituents is 1. The molecule has 2 aromatic rings. The van der Waals surface area contributed by atoms with Crippen LogP contribution in [0, 0.1) is 13.8 Å². The first-order valence-corrected chi connectivity index (χ1v) is 6.13. The maximum absolute atomic E-state index is 12.3. The van der Waals surface area contributed by atoms with Crippen LogP contribution in [0.25, 0.3) is 0 Å². The van der Waals surface area contributed by atoms with Gasteiger partial charge >= 0.3 is 0 Å². The third-order valence-electron chi connectivity index (χ3n) is 3.13. The lowest BCUT2D eigenvalue weighted by molar-refractivity contribution is 0.0993. The van der Waals surface area contributed by atoms with Crippen LogP contribution >= 0.6 is 0 Å². The van der Waals surface area contributed by atoms with Gasteiger partial charge in [-0.15, -0.1) is 0 Å². The molecule has 0 aliphatic carbocycles. The molecule has 98 valence electrons. The monoisotopic (exact) mass is 255 g/mol. The summed E-state index contributed by atoms with van der Waals surface area (Å²) in [4.78, 5) is 14.0. The van der Waals surface area contributed by atoms with Crippen molar-refractivity contribution in [3.63, 3.8) is 0 Å². The van der Waals surface area contributed by atoms with E-state index in [2.05, 4.69) is 6.07 Å². The Balaban J connectivity index is 2.30. The molecule has 2 rings (SSSR count). The van der Waals surface area contributed by atoms with Gasteiger partial charge in [-0.05, 0) is 49.7 Å². The van der Waals surface area contributed by atoms with E-state index in [1.165, 1.54) is 17.7 Å². The summed E-state index contributed by atoms with van der Waals surface area (Å²) in [5.74, 6) is 0.0673. The third kappa shape index (κ3) is 2.76. The van der Waals surface area contributed by atoms with Crippen molar-refractivity contribution in [2.75, 3.05) is 11.9 Å². The minimum absolute atomic E-state index is 0.0908. The van der Waals surface area contributed by atoms with Crippen LogP contribution in [0.5, 0.6) is 5.75 Å². The van der Waals surface area contributed by atoms with Crippen LogP contribution in [0.3, 0.4) is 0 Å². The third-order valence-corrected chi connectivity index (χ3v) is 3.13. The van der Waals surface area contributed by atoms with Gasteiger partial charge in [0.05, 0.1) is 0 Å². The number of aryl methyl sites for hydroxylation is 2. The van der Waals surface area contributed by atoms with Gasteiger partial charge in [-0.3, -0.25) is 4.79 Å². The Kier molecular flexibility index (Phi) is 3.56. The maximum atomic E-state index is 12.3. The highest BCUT2D eigenvalue weighted by Crippen LogP contribution is 2.22. The van der Waals surface area contributed by atoms with Gasteiger partial charge in [0.15, 0.2) is 0 Å². The standard InChI is InChI=1S/C16H17NO2/c1-11-4-9-15(12(2)10-11)17(3)16(19)13-5-7-14(18)8-6-13/h4-10,18H,1-3H3. The molecular formula is C16H17NO2. The SMILES string of the molecule is Cc1ccc(N(C)C(=O)c2ccc(O)cc2)c(C)c1. The fraction of sp³-hybridized carbons (Fsp3) is 0.188. The lowest BCUT2D eigenvalue weighted by atomic mass is 10.1. The number of aromatic hydroxyl groups is 1. The van der Waals surface area contributed by atoms with E-state index in [1.807, 2.05) is 26.0 Å². The van der Waals surface area contributed by atoms with E-state index in [9.17, 15) is 9.90 Å². The molecule has 1 N–H and O–H groups in total. The predicted molar refractivity (Wildman–Crippen MR) is 76.8 cm³/mol. The lowest BCUT2D eigenvalue weighted by Gasteiger charge is -2.20. The summed E-state index contributed by atoms with van der Waals surface area (Å²) < 4.78 is 0. The molecule has 0 spiro atoms. The van der Waals surface area contributed by atoms with Crippen LogP contribution in [-0.2, 0) is 0 Å². The largest absolute Gasteiger partial charge is 0.508 e. The quantitative estimate of drug-likeness (QED) is 0.894. The van der Waals surface area contributed by atoms with E-state index >= 15 is 0 Å². The van der Waals surface area contributed by atoms with Gasteiger partial charge in [0.25, 0.3) is 5.91 Å². The molecule has 0 aliphatic rings. The molecule has 0 saturated carbocycles. The van der Waals surface area contributed by atoms with Gasteiger partial charge in [0.2, 0.25) is 0 Å². The van der Waals surface area contributed by atoms with Crippen LogP contribution in [0.1, 0.15) is 21.5 Å². The number of amides is 1. The summed E-state index contributed by atoms with van der Waals surface area (Å²) in [6.45, 7) is 4.02. The molecule has 2 aromatic carbocycles. The molecule has 0 radical (unpaired) electrons. The van der Waals surface area contributed by atoms with Crippen molar-refractivity contribution in [3.8, 4) is 5.75 Å². The predicted octanol–water partition coefficient (Wildman–Crippen LogP) is 3.29. The van der Waals surface area contributed by atoms with Crippen molar-refractivity contribution in [3.05, 3.63) is 59.2 Å². The van der Waals surface area contributed by atoms with Crippen molar-refractivity contribution in [2.24, 2.45) is 0 Å². The van der Waals surface area contributed by atoms with Crippen LogP contribution in [0.15, 0.2) is 42.5 Å². The maximum Gasteiger partial charge on any atom is 0.258 e. The summed E-state index contributed by atoms with van der Waals surface area (Å²) in [6.07, 6.45) is 0. The van der Waals surface area contributed by atoms with Crippen molar-refractivity contribution in [2.45, 2.75) is 13.8 Å². The summed E-state index contributed by atoms with van der Waals surface area (Å²) in [5, 5.41) is 9.24. The van der Waals surface area contributed by atoms with Crippen LogP contribution < -0.4 is 4.90 Å². The summed E-state index contributed by atoms with van der Waals surface area (Å²) in [5.41, 5.74) is 3.69. The number of rotatable bonds is 2. The number of benzene rings is 2.